The van der Waals surface area contributed by atoms with Gasteiger partial charge in [-0.1, -0.05) is 48.5 Å². The number of carbonyl (C=O) groups excluding carboxylic acids is 2. The number of carboxylic acids is 1. The van der Waals surface area contributed by atoms with Gasteiger partial charge in [-0.25, -0.2) is 9.59 Å². The lowest BCUT2D eigenvalue weighted by molar-refractivity contribution is -0.149. The van der Waals surface area contributed by atoms with E-state index in [0.29, 0.717) is 5.75 Å². The van der Waals surface area contributed by atoms with Gasteiger partial charge in [0.1, 0.15) is 18.7 Å². The summed E-state index contributed by atoms with van der Waals surface area (Å²) in [5.41, 5.74) is 3.71. The highest BCUT2D eigenvalue weighted by atomic mass is 32.2. The van der Waals surface area contributed by atoms with Crippen molar-refractivity contribution in [1.29, 1.82) is 0 Å². The molecule has 2 aromatic rings. The summed E-state index contributed by atoms with van der Waals surface area (Å²) < 4.78 is 11.1. The maximum absolute atomic E-state index is 13.3. The first kappa shape index (κ1) is 25.1. The highest BCUT2D eigenvalue weighted by molar-refractivity contribution is 7.99. The Kier molecular flexibility index (Phi) is 7.37. The summed E-state index contributed by atoms with van der Waals surface area (Å²) in [6.07, 6.45) is -0.559. The van der Waals surface area contributed by atoms with Crippen LogP contribution in [-0.2, 0) is 19.1 Å². The van der Waals surface area contributed by atoms with E-state index in [9.17, 15) is 19.5 Å². The number of nitrogens with one attached hydrogen (secondary N) is 1. The number of methoxy groups -OCH3 is 1. The fourth-order valence-corrected chi connectivity index (χ4v) is 5.78. The largest absolute Gasteiger partial charge is 0.480 e. The van der Waals surface area contributed by atoms with Gasteiger partial charge in [-0.3, -0.25) is 4.79 Å². The number of fused-ring (bicyclic) bond motifs is 3. The molecule has 1 saturated heterocycles. The van der Waals surface area contributed by atoms with Crippen LogP contribution in [0.5, 0.6) is 0 Å². The summed E-state index contributed by atoms with van der Waals surface area (Å²) in [6.45, 7) is 3.73. The van der Waals surface area contributed by atoms with Crippen LogP contribution in [0.25, 0.3) is 11.1 Å². The molecule has 2 atom stereocenters. The van der Waals surface area contributed by atoms with Gasteiger partial charge in [0.2, 0.25) is 5.91 Å². The van der Waals surface area contributed by atoms with Gasteiger partial charge in [0, 0.05) is 25.2 Å². The maximum Gasteiger partial charge on any atom is 0.407 e. The SMILES string of the molecule is COC(C)(C)CC(NC(=O)OCC1c2ccccc2-c2ccccc21)C(=O)N1CSCC1C(=O)O. The molecule has 9 heteroatoms. The lowest BCUT2D eigenvalue weighted by atomic mass is 9.97. The topological polar surface area (TPSA) is 105 Å². The van der Waals surface area contributed by atoms with E-state index in [1.165, 1.54) is 23.8 Å². The zero-order chi connectivity index (χ0) is 25.2. The Morgan fingerprint density at radius 2 is 1.71 bits per heavy atom. The number of thioether (sulfide) groups is 1. The molecule has 2 N–H and O–H groups in total. The average molecular weight is 499 g/mol. The van der Waals surface area contributed by atoms with E-state index in [-0.39, 0.29) is 24.8 Å². The van der Waals surface area contributed by atoms with Crippen LogP contribution in [-0.4, -0.2) is 71.0 Å². The Morgan fingerprint density at radius 3 is 2.29 bits per heavy atom. The van der Waals surface area contributed by atoms with Crippen molar-refractivity contribution in [3.63, 3.8) is 0 Å². The third-order valence-electron chi connectivity index (χ3n) is 6.63. The quantitative estimate of drug-likeness (QED) is 0.572. The fourth-order valence-electron chi connectivity index (χ4n) is 4.62. The number of hydrogen-bond donors (Lipinski definition) is 2. The molecule has 4 rings (SSSR count). The lowest BCUT2D eigenvalue weighted by Crippen LogP contribution is -2.54. The number of rotatable bonds is 8. The number of alkyl carbamates (subject to hydrolysis) is 1. The Hall–Kier alpha value is -3.04. The van der Waals surface area contributed by atoms with Gasteiger partial charge < -0.3 is 24.8 Å². The molecular weight excluding hydrogens is 468 g/mol. The van der Waals surface area contributed by atoms with Gasteiger partial charge in [-0.15, -0.1) is 11.8 Å². The fraction of sp³-hybridized carbons (Fsp3) is 0.423. The normalized spacial score (nSPS) is 18.0. The number of aliphatic carboxylic acids is 1. The van der Waals surface area contributed by atoms with Crippen LogP contribution in [0, 0.1) is 0 Å². The minimum absolute atomic E-state index is 0.107. The molecule has 186 valence electrons. The lowest BCUT2D eigenvalue weighted by Gasteiger charge is -2.31. The number of carbonyl (C=O) groups is 3. The van der Waals surface area contributed by atoms with E-state index in [1.54, 1.807) is 13.8 Å². The first-order valence-electron chi connectivity index (χ1n) is 11.5. The molecule has 0 bridgehead atoms. The van der Waals surface area contributed by atoms with Crippen molar-refractivity contribution in [3.8, 4) is 11.1 Å². The van der Waals surface area contributed by atoms with Crippen LogP contribution in [0.3, 0.4) is 0 Å². The number of nitrogens with zero attached hydrogens (tertiary/aromatic N) is 1. The first-order valence-corrected chi connectivity index (χ1v) is 12.6. The molecule has 0 saturated carbocycles. The summed E-state index contributed by atoms with van der Waals surface area (Å²) in [5, 5.41) is 12.2. The summed E-state index contributed by atoms with van der Waals surface area (Å²) in [5.74, 6) is -1.06. The number of carboxylic acid groups (broad SMARTS) is 1. The van der Waals surface area contributed by atoms with Crippen LogP contribution in [0.15, 0.2) is 48.5 Å². The Bertz CT molecular complexity index is 1080. The number of ether oxygens (including phenoxy) is 2. The smallest absolute Gasteiger partial charge is 0.407 e. The minimum atomic E-state index is -1.06. The molecule has 0 spiro atoms. The maximum atomic E-state index is 13.3. The van der Waals surface area contributed by atoms with Gasteiger partial charge in [0.15, 0.2) is 0 Å². The van der Waals surface area contributed by atoms with Gasteiger partial charge in [-0.2, -0.15) is 0 Å². The van der Waals surface area contributed by atoms with Crippen LogP contribution in [0.4, 0.5) is 4.79 Å². The zero-order valence-corrected chi connectivity index (χ0v) is 20.8. The highest BCUT2D eigenvalue weighted by Gasteiger charge is 2.40. The van der Waals surface area contributed by atoms with Crippen LogP contribution in [0.2, 0.25) is 0 Å². The molecule has 2 aliphatic rings. The standard InChI is InChI=1S/C26H30N2O6S/c1-26(2,33-3)12-21(23(29)28-15-35-14-22(28)24(30)31)27-25(32)34-13-20-18-10-6-4-8-16(18)17-9-5-7-11-19(17)20/h4-11,20-22H,12-15H2,1-3H3,(H,27,32)(H,30,31). The molecule has 2 amide bonds. The minimum Gasteiger partial charge on any atom is -0.480 e. The third kappa shape index (κ3) is 5.31. The molecule has 1 aliphatic heterocycles. The van der Waals surface area contributed by atoms with E-state index in [2.05, 4.69) is 17.4 Å². The van der Waals surface area contributed by atoms with Crippen molar-refractivity contribution in [2.24, 2.45) is 0 Å². The predicted molar refractivity (Wildman–Crippen MR) is 133 cm³/mol. The highest BCUT2D eigenvalue weighted by Crippen LogP contribution is 2.44. The van der Waals surface area contributed by atoms with Gasteiger partial charge in [0.25, 0.3) is 0 Å². The van der Waals surface area contributed by atoms with Crippen molar-refractivity contribution in [3.05, 3.63) is 59.7 Å². The Morgan fingerprint density at radius 1 is 1.11 bits per heavy atom. The second kappa shape index (κ2) is 10.3. The Balaban J connectivity index is 1.48. The summed E-state index contributed by atoms with van der Waals surface area (Å²) in [6, 6.07) is 14.2. The second-order valence-electron chi connectivity index (χ2n) is 9.35. The molecule has 1 fully saturated rings. The molecule has 0 radical (unpaired) electrons. The van der Waals surface area contributed by atoms with E-state index in [4.69, 9.17) is 9.47 Å². The molecule has 0 aromatic heterocycles. The molecule has 1 heterocycles. The van der Waals surface area contributed by atoms with Crippen molar-refractivity contribution in [1.82, 2.24) is 10.2 Å². The number of hydrogen-bond acceptors (Lipinski definition) is 6. The van der Waals surface area contributed by atoms with Crippen molar-refractivity contribution in [2.75, 3.05) is 25.3 Å². The van der Waals surface area contributed by atoms with Gasteiger partial charge >= 0.3 is 12.1 Å². The van der Waals surface area contributed by atoms with Gasteiger partial charge in [0.05, 0.1) is 11.5 Å². The van der Waals surface area contributed by atoms with E-state index in [0.717, 1.165) is 22.3 Å². The second-order valence-corrected chi connectivity index (χ2v) is 10.4. The van der Waals surface area contributed by atoms with Crippen molar-refractivity contribution in [2.45, 2.75) is 43.9 Å². The van der Waals surface area contributed by atoms with Crippen LogP contribution >= 0.6 is 11.8 Å². The predicted octanol–water partition coefficient (Wildman–Crippen LogP) is 3.69. The zero-order valence-electron chi connectivity index (χ0n) is 20.0. The molecule has 8 nitrogen and oxygen atoms in total. The van der Waals surface area contributed by atoms with E-state index < -0.39 is 35.7 Å². The monoisotopic (exact) mass is 498 g/mol. The summed E-state index contributed by atoms with van der Waals surface area (Å²) >= 11 is 1.37. The molecule has 2 unspecified atom stereocenters. The average Bonchev–Trinajstić information content (AvgIpc) is 3.45. The third-order valence-corrected chi connectivity index (χ3v) is 7.64. The van der Waals surface area contributed by atoms with Gasteiger partial charge in [-0.05, 0) is 36.1 Å². The van der Waals surface area contributed by atoms with Crippen LogP contribution < -0.4 is 5.32 Å². The van der Waals surface area contributed by atoms with Crippen molar-refractivity contribution >= 4 is 29.7 Å². The molecule has 35 heavy (non-hydrogen) atoms. The first-order chi connectivity index (χ1) is 16.7. The molecule has 1 aliphatic carbocycles. The van der Waals surface area contributed by atoms with E-state index in [1.807, 2.05) is 36.4 Å². The summed E-state index contributed by atoms with van der Waals surface area (Å²) in [7, 11) is 1.53. The molecule has 2 aromatic carbocycles. The summed E-state index contributed by atoms with van der Waals surface area (Å²) in [4.78, 5) is 39.1. The number of amides is 2. The Labute approximate surface area is 209 Å². The van der Waals surface area contributed by atoms with Crippen LogP contribution in [0.1, 0.15) is 37.3 Å². The number of benzene rings is 2. The van der Waals surface area contributed by atoms with E-state index >= 15 is 0 Å². The molecular formula is C26H30N2O6S. The van der Waals surface area contributed by atoms with Crippen molar-refractivity contribution < 1.29 is 29.0 Å².